The smallest absolute Gasteiger partial charge is 0.312 e. The first kappa shape index (κ1) is 19.6. The Hall–Kier alpha value is -2.74. The van der Waals surface area contributed by atoms with Gasteiger partial charge in [0.25, 0.3) is 0 Å². The maximum atomic E-state index is 12.2. The van der Waals surface area contributed by atoms with E-state index in [1.807, 2.05) is 38.1 Å². The van der Waals surface area contributed by atoms with Gasteiger partial charge in [-0.2, -0.15) is 5.10 Å². The van der Waals surface area contributed by atoms with Gasteiger partial charge in [0.2, 0.25) is 5.91 Å². The van der Waals surface area contributed by atoms with Crippen molar-refractivity contribution in [2.75, 3.05) is 0 Å². The maximum absolute atomic E-state index is 12.2. The molecular weight excluding hydrogens is 336 g/mol. The van der Waals surface area contributed by atoms with Gasteiger partial charge in [-0.1, -0.05) is 24.3 Å². The summed E-state index contributed by atoms with van der Waals surface area (Å²) in [6.07, 6.45) is 0.125. The molecule has 1 N–H and O–H groups in total. The van der Waals surface area contributed by atoms with Crippen molar-refractivity contribution in [2.45, 2.75) is 53.5 Å². The molecule has 2 aromatic rings. The number of benzene rings is 1. The van der Waals surface area contributed by atoms with Gasteiger partial charge in [-0.25, -0.2) is 0 Å². The van der Waals surface area contributed by atoms with E-state index in [-0.39, 0.29) is 24.2 Å². The number of hydrogen-bond donors (Lipinski definition) is 1. The van der Waals surface area contributed by atoms with Crippen LogP contribution in [0.4, 0.5) is 5.69 Å². The second-order valence-electron chi connectivity index (χ2n) is 6.34. The summed E-state index contributed by atoms with van der Waals surface area (Å²) in [4.78, 5) is 22.8. The molecule has 0 saturated carbocycles. The lowest BCUT2D eigenvalue weighted by molar-refractivity contribution is -0.386. The van der Waals surface area contributed by atoms with Crippen LogP contribution in [-0.2, 0) is 29.2 Å². The van der Waals surface area contributed by atoms with E-state index in [0.29, 0.717) is 24.5 Å². The fourth-order valence-electron chi connectivity index (χ4n) is 2.62. The lowest BCUT2D eigenvalue weighted by Crippen LogP contribution is -2.28. The van der Waals surface area contributed by atoms with E-state index >= 15 is 0 Å². The number of aryl methyl sites for hydroxylation is 1. The Kier molecular flexibility index (Phi) is 6.46. The number of nitrogens with zero attached hydrogens (tertiary/aromatic N) is 3. The lowest BCUT2D eigenvalue weighted by Gasteiger charge is -2.13. The maximum Gasteiger partial charge on any atom is 0.312 e. The molecule has 1 heterocycles. The van der Waals surface area contributed by atoms with Gasteiger partial charge in [-0.15, -0.1) is 0 Å². The first-order valence-electron chi connectivity index (χ1n) is 8.43. The Balaban J connectivity index is 2.00. The Morgan fingerprint density at radius 1 is 1.31 bits per heavy atom. The van der Waals surface area contributed by atoms with Gasteiger partial charge in [-0.05, 0) is 38.8 Å². The summed E-state index contributed by atoms with van der Waals surface area (Å²) in [7, 11) is 0. The number of ether oxygens (including phenoxy) is 1. The van der Waals surface area contributed by atoms with E-state index in [9.17, 15) is 14.9 Å². The van der Waals surface area contributed by atoms with Crippen LogP contribution in [-0.4, -0.2) is 26.7 Å². The molecule has 0 bridgehead atoms. The molecule has 0 spiro atoms. The summed E-state index contributed by atoms with van der Waals surface area (Å²) in [5, 5.41) is 18.0. The molecule has 8 heteroatoms. The predicted octanol–water partition coefficient (Wildman–Crippen LogP) is 2.65. The second-order valence-corrected chi connectivity index (χ2v) is 6.34. The highest BCUT2D eigenvalue weighted by Crippen LogP contribution is 2.21. The van der Waals surface area contributed by atoms with Crippen molar-refractivity contribution in [1.29, 1.82) is 0 Å². The van der Waals surface area contributed by atoms with E-state index in [2.05, 4.69) is 10.4 Å². The van der Waals surface area contributed by atoms with Crippen LogP contribution in [0.15, 0.2) is 24.3 Å². The summed E-state index contributed by atoms with van der Waals surface area (Å²) in [5.74, 6) is -0.259. The zero-order valence-corrected chi connectivity index (χ0v) is 15.5. The van der Waals surface area contributed by atoms with E-state index in [1.165, 1.54) is 4.68 Å². The minimum Gasteiger partial charge on any atom is -0.374 e. The number of aromatic nitrogens is 2. The SMILES string of the molecule is Cc1nn(CC(=O)NCc2ccccc2COC(C)C)c(C)c1[N+](=O)[O-]. The predicted molar refractivity (Wildman–Crippen MR) is 96.6 cm³/mol. The van der Waals surface area contributed by atoms with Crippen LogP contribution in [0.5, 0.6) is 0 Å². The number of nitrogens with one attached hydrogen (secondary N) is 1. The van der Waals surface area contributed by atoms with Crippen molar-refractivity contribution >= 4 is 11.6 Å². The van der Waals surface area contributed by atoms with Gasteiger partial charge >= 0.3 is 5.69 Å². The van der Waals surface area contributed by atoms with Crippen LogP contribution in [0.2, 0.25) is 0 Å². The van der Waals surface area contributed by atoms with Crippen molar-refractivity contribution in [2.24, 2.45) is 0 Å². The fraction of sp³-hybridized carbons (Fsp3) is 0.444. The summed E-state index contributed by atoms with van der Waals surface area (Å²) < 4.78 is 6.99. The van der Waals surface area contributed by atoms with Gasteiger partial charge < -0.3 is 10.1 Å². The highest BCUT2D eigenvalue weighted by Gasteiger charge is 2.22. The van der Waals surface area contributed by atoms with Crippen LogP contribution < -0.4 is 5.32 Å². The Labute approximate surface area is 152 Å². The fourth-order valence-corrected chi connectivity index (χ4v) is 2.62. The van der Waals surface area contributed by atoms with E-state index in [4.69, 9.17) is 4.74 Å². The third-order valence-electron chi connectivity index (χ3n) is 3.99. The van der Waals surface area contributed by atoms with Crippen LogP contribution in [0.1, 0.15) is 36.4 Å². The van der Waals surface area contributed by atoms with Gasteiger partial charge in [0, 0.05) is 6.54 Å². The number of rotatable bonds is 8. The van der Waals surface area contributed by atoms with E-state index in [0.717, 1.165) is 11.1 Å². The van der Waals surface area contributed by atoms with Gasteiger partial charge in [-0.3, -0.25) is 19.6 Å². The Morgan fingerprint density at radius 3 is 2.54 bits per heavy atom. The monoisotopic (exact) mass is 360 g/mol. The number of hydrogen-bond acceptors (Lipinski definition) is 5. The first-order valence-corrected chi connectivity index (χ1v) is 8.43. The highest BCUT2D eigenvalue weighted by atomic mass is 16.6. The topological polar surface area (TPSA) is 99.3 Å². The molecule has 8 nitrogen and oxygen atoms in total. The van der Waals surface area contributed by atoms with Crippen LogP contribution >= 0.6 is 0 Å². The van der Waals surface area contributed by atoms with E-state index < -0.39 is 4.92 Å². The number of carbonyl (C=O) groups excluding carboxylic acids is 1. The third-order valence-corrected chi connectivity index (χ3v) is 3.99. The molecule has 26 heavy (non-hydrogen) atoms. The third kappa shape index (κ3) is 4.89. The minimum absolute atomic E-state index is 0.0472. The van der Waals surface area contributed by atoms with Gasteiger partial charge in [0.1, 0.15) is 17.9 Å². The molecule has 140 valence electrons. The van der Waals surface area contributed by atoms with Crippen molar-refractivity contribution < 1.29 is 14.5 Å². The zero-order chi connectivity index (χ0) is 19.3. The van der Waals surface area contributed by atoms with Crippen molar-refractivity contribution in [3.05, 3.63) is 56.9 Å². The summed E-state index contributed by atoms with van der Waals surface area (Å²) in [6, 6.07) is 7.74. The summed E-state index contributed by atoms with van der Waals surface area (Å²) in [6.45, 7) is 7.86. The molecule has 1 aromatic heterocycles. The molecule has 0 fully saturated rings. The standard InChI is InChI=1S/C18H24N4O4/c1-12(2)26-11-16-8-6-5-7-15(16)9-19-17(23)10-21-14(4)18(22(24)25)13(3)20-21/h5-8,12H,9-11H2,1-4H3,(H,19,23). The molecule has 0 unspecified atom stereocenters. The molecule has 2 rings (SSSR count). The van der Waals surface area contributed by atoms with Gasteiger partial charge in [0.15, 0.2) is 0 Å². The lowest BCUT2D eigenvalue weighted by atomic mass is 10.1. The average Bonchev–Trinajstić information content (AvgIpc) is 2.85. The number of amides is 1. The van der Waals surface area contributed by atoms with Crippen LogP contribution in [0.25, 0.3) is 0 Å². The Bertz CT molecular complexity index is 798. The quantitative estimate of drug-likeness (QED) is 0.576. The molecule has 0 aliphatic heterocycles. The molecule has 1 amide bonds. The molecular formula is C18H24N4O4. The molecule has 1 aromatic carbocycles. The van der Waals surface area contributed by atoms with Crippen LogP contribution in [0, 0.1) is 24.0 Å². The van der Waals surface area contributed by atoms with Crippen LogP contribution in [0.3, 0.4) is 0 Å². The zero-order valence-electron chi connectivity index (χ0n) is 15.5. The molecule has 0 atom stereocenters. The largest absolute Gasteiger partial charge is 0.374 e. The first-order chi connectivity index (χ1) is 12.3. The van der Waals surface area contributed by atoms with Crippen molar-refractivity contribution in [1.82, 2.24) is 15.1 Å². The highest BCUT2D eigenvalue weighted by molar-refractivity contribution is 5.75. The average molecular weight is 360 g/mol. The summed E-state index contributed by atoms with van der Waals surface area (Å²) in [5.41, 5.74) is 2.61. The normalized spacial score (nSPS) is 11.0. The Morgan fingerprint density at radius 2 is 1.96 bits per heavy atom. The molecule has 0 radical (unpaired) electrons. The molecule has 0 saturated heterocycles. The van der Waals surface area contributed by atoms with E-state index in [1.54, 1.807) is 13.8 Å². The molecule has 0 aliphatic carbocycles. The minimum atomic E-state index is -0.475. The summed E-state index contributed by atoms with van der Waals surface area (Å²) >= 11 is 0. The number of nitro groups is 1. The van der Waals surface area contributed by atoms with Crippen molar-refractivity contribution in [3.8, 4) is 0 Å². The number of carbonyl (C=O) groups is 1. The second kappa shape index (κ2) is 8.57. The molecule has 0 aliphatic rings. The van der Waals surface area contributed by atoms with Crippen molar-refractivity contribution in [3.63, 3.8) is 0 Å². The van der Waals surface area contributed by atoms with Gasteiger partial charge in [0.05, 0.1) is 17.6 Å².